The number of H-pyrrole nitrogens is 1. The quantitative estimate of drug-likeness (QED) is 0.617. The van der Waals surface area contributed by atoms with Crippen molar-refractivity contribution in [3.05, 3.63) is 40.5 Å². The summed E-state index contributed by atoms with van der Waals surface area (Å²) in [6.45, 7) is 5.95. The molecule has 0 atom stereocenters. The van der Waals surface area contributed by atoms with E-state index in [2.05, 4.69) is 41.7 Å². The topological polar surface area (TPSA) is 73.1 Å². The number of amides is 1. The number of benzene rings is 1. The number of aromatic nitrogens is 2. The van der Waals surface area contributed by atoms with Crippen LogP contribution >= 0.6 is 28.3 Å². The normalized spacial score (nSPS) is 14.8. The van der Waals surface area contributed by atoms with E-state index in [1.54, 1.807) is 0 Å². The SMILES string of the molecule is Cl.O=C(NCCCN1CCNCC1)c1[nH]nc(-c2ccccc2)c1Br. The number of hydrogen-bond donors (Lipinski definition) is 3. The molecule has 1 aromatic heterocycles. The Labute approximate surface area is 162 Å². The van der Waals surface area contributed by atoms with Gasteiger partial charge in [0, 0.05) is 38.3 Å². The number of carbonyl (C=O) groups excluding carboxylic acids is 1. The summed E-state index contributed by atoms with van der Waals surface area (Å²) in [7, 11) is 0. The molecule has 0 radical (unpaired) electrons. The van der Waals surface area contributed by atoms with Crippen LogP contribution in [0.5, 0.6) is 0 Å². The van der Waals surface area contributed by atoms with Crippen LogP contribution in [0.4, 0.5) is 0 Å². The van der Waals surface area contributed by atoms with Crippen LogP contribution in [0, 0.1) is 0 Å². The van der Waals surface area contributed by atoms with E-state index >= 15 is 0 Å². The van der Waals surface area contributed by atoms with E-state index in [4.69, 9.17) is 0 Å². The minimum atomic E-state index is -0.128. The second-order valence-corrected chi connectivity index (χ2v) is 6.62. The van der Waals surface area contributed by atoms with Crippen molar-refractivity contribution < 1.29 is 4.79 Å². The van der Waals surface area contributed by atoms with Crippen molar-refractivity contribution >= 4 is 34.2 Å². The van der Waals surface area contributed by atoms with Crippen molar-refractivity contribution in [1.82, 2.24) is 25.7 Å². The predicted octanol–water partition coefficient (Wildman–Crippen LogP) is 2.29. The van der Waals surface area contributed by atoms with Crippen molar-refractivity contribution in [2.45, 2.75) is 6.42 Å². The lowest BCUT2D eigenvalue weighted by molar-refractivity contribution is 0.0945. The summed E-state index contributed by atoms with van der Waals surface area (Å²) in [4.78, 5) is 14.7. The molecule has 1 aliphatic heterocycles. The Morgan fingerprint density at radius 3 is 2.68 bits per heavy atom. The molecule has 3 N–H and O–H groups in total. The summed E-state index contributed by atoms with van der Waals surface area (Å²) in [6.07, 6.45) is 0.947. The number of carbonyl (C=O) groups is 1. The lowest BCUT2D eigenvalue weighted by Crippen LogP contribution is -2.44. The number of halogens is 2. The van der Waals surface area contributed by atoms with E-state index < -0.39 is 0 Å². The maximum absolute atomic E-state index is 12.3. The summed E-state index contributed by atoms with van der Waals surface area (Å²) in [5.74, 6) is -0.128. The monoisotopic (exact) mass is 427 g/mol. The van der Waals surface area contributed by atoms with Crippen LogP contribution in [0.3, 0.4) is 0 Å². The van der Waals surface area contributed by atoms with Crippen LogP contribution < -0.4 is 10.6 Å². The zero-order valence-corrected chi connectivity index (χ0v) is 16.3. The first-order chi connectivity index (χ1) is 11.8. The van der Waals surface area contributed by atoms with Gasteiger partial charge in [0.15, 0.2) is 0 Å². The lowest BCUT2D eigenvalue weighted by atomic mass is 10.1. The zero-order chi connectivity index (χ0) is 16.8. The molecule has 8 heteroatoms. The highest BCUT2D eigenvalue weighted by Crippen LogP contribution is 2.28. The van der Waals surface area contributed by atoms with Gasteiger partial charge in [0.1, 0.15) is 11.4 Å². The fourth-order valence-electron chi connectivity index (χ4n) is 2.79. The van der Waals surface area contributed by atoms with E-state index in [0.717, 1.165) is 50.4 Å². The molecule has 0 bridgehead atoms. The van der Waals surface area contributed by atoms with Crippen molar-refractivity contribution in [3.63, 3.8) is 0 Å². The first kappa shape index (κ1) is 19.9. The highest BCUT2D eigenvalue weighted by Gasteiger charge is 2.18. The van der Waals surface area contributed by atoms with E-state index in [9.17, 15) is 4.79 Å². The van der Waals surface area contributed by atoms with Gasteiger partial charge >= 0.3 is 0 Å². The van der Waals surface area contributed by atoms with Crippen LogP contribution in [0.2, 0.25) is 0 Å². The van der Waals surface area contributed by atoms with Gasteiger partial charge in [-0.15, -0.1) is 12.4 Å². The number of rotatable bonds is 6. The molecule has 1 fully saturated rings. The van der Waals surface area contributed by atoms with Gasteiger partial charge in [-0.2, -0.15) is 5.10 Å². The second kappa shape index (κ2) is 9.91. The molecule has 0 unspecified atom stereocenters. The van der Waals surface area contributed by atoms with Crippen LogP contribution in [0.1, 0.15) is 16.9 Å². The minimum Gasteiger partial charge on any atom is -0.351 e. The van der Waals surface area contributed by atoms with Gasteiger partial charge in [-0.1, -0.05) is 30.3 Å². The van der Waals surface area contributed by atoms with Crippen molar-refractivity contribution in [2.75, 3.05) is 39.3 Å². The van der Waals surface area contributed by atoms with Gasteiger partial charge in [-0.05, 0) is 28.9 Å². The van der Waals surface area contributed by atoms with Crippen molar-refractivity contribution in [1.29, 1.82) is 0 Å². The predicted molar refractivity (Wildman–Crippen MR) is 105 cm³/mol. The van der Waals surface area contributed by atoms with Crippen molar-refractivity contribution in [3.8, 4) is 11.3 Å². The molecule has 1 aliphatic rings. The van der Waals surface area contributed by atoms with Gasteiger partial charge in [0.2, 0.25) is 0 Å². The first-order valence-electron chi connectivity index (χ1n) is 8.26. The Kier molecular flexibility index (Phi) is 7.90. The molecular formula is C17H23BrClN5O. The average molecular weight is 429 g/mol. The fraction of sp³-hybridized carbons (Fsp3) is 0.412. The Balaban J connectivity index is 0.00000225. The third-order valence-corrected chi connectivity index (χ3v) is 4.90. The van der Waals surface area contributed by atoms with Gasteiger partial charge in [0.25, 0.3) is 5.91 Å². The Morgan fingerprint density at radius 1 is 1.24 bits per heavy atom. The molecule has 2 heterocycles. The van der Waals surface area contributed by atoms with Crippen LogP contribution in [-0.2, 0) is 0 Å². The zero-order valence-electron chi connectivity index (χ0n) is 13.9. The first-order valence-corrected chi connectivity index (χ1v) is 9.05. The third-order valence-electron chi connectivity index (χ3n) is 4.13. The molecule has 2 aromatic rings. The molecule has 0 spiro atoms. The number of nitrogens with one attached hydrogen (secondary N) is 3. The third kappa shape index (κ3) is 5.28. The van der Waals surface area contributed by atoms with Gasteiger partial charge in [-0.25, -0.2) is 0 Å². The maximum atomic E-state index is 12.3. The molecule has 1 aromatic carbocycles. The summed E-state index contributed by atoms with van der Waals surface area (Å²) in [6, 6.07) is 9.79. The van der Waals surface area contributed by atoms with Gasteiger partial charge in [0.05, 0.1) is 4.47 Å². The Morgan fingerprint density at radius 2 is 1.96 bits per heavy atom. The average Bonchev–Trinajstić information content (AvgIpc) is 3.02. The number of hydrogen-bond acceptors (Lipinski definition) is 4. The number of piperazine rings is 1. The molecule has 0 saturated carbocycles. The second-order valence-electron chi connectivity index (χ2n) is 5.83. The standard InChI is InChI=1S/C17H22BrN5O.ClH/c18-14-15(13-5-2-1-3-6-13)21-22-16(14)17(24)20-7-4-10-23-11-8-19-9-12-23;/h1-3,5-6,19H,4,7-12H2,(H,20,24)(H,21,22);1H. The van der Waals surface area contributed by atoms with E-state index in [-0.39, 0.29) is 18.3 Å². The van der Waals surface area contributed by atoms with Crippen LogP contribution in [0.15, 0.2) is 34.8 Å². The van der Waals surface area contributed by atoms with Crippen LogP contribution in [-0.4, -0.2) is 60.3 Å². The molecule has 1 amide bonds. The summed E-state index contributed by atoms with van der Waals surface area (Å²) >= 11 is 3.49. The number of aromatic amines is 1. The van der Waals surface area contributed by atoms with E-state index in [1.165, 1.54) is 0 Å². The van der Waals surface area contributed by atoms with E-state index in [0.29, 0.717) is 16.7 Å². The summed E-state index contributed by atoms with van der Waals surface area (Å²) in [5, 5.41) is 13.4. The minimum absolute atomic E-state index is 0. The maximum Gasteiger partial charge on any atom is 0.270 e. The van der Waals surface area contributed by atoms with Crippen LogP contribution in [0.25, 0.3) is 11.3 Å². The molecule has 0 aliphatic carbocycles. The van der Waals surface area contributed by atoms with Crippen molar-refractivity contribution in [2.24, 2.45) is 0 Å². The smallest absolute Gasteiger partial charge is 0.270 e. The highest BCUT2D eigenvalue weighted by molar-refractivity contribution is 9.10. The van der Waals surface area contributed by atoms with Gasteiger partial charge in [-0.3, -0.25) is 9.89 Å². The fourth-order valence-corrected chi connectivity index (χ4v) is 3.38. The van der Waals surface area contributed by atoms with Gasteiger partial charge < -0.3 is 15.5 Å². The highest BCUT2D eigenvalue weighted by atomic mass is 79.9. The summed E-state index contributed by atoms with van der Waals surface area (Å²) < 4.78 is 0.702. The van der Waals surface area contributed by atoms with E-state index in [1.807, 2.05) is 30.3 Å². The lowest BCUT2D eigenvalue weighted by Gasteiger charge is -2.27. The summed E-state index contributed by atoms with van der Waals surface area (Å²) in [5.41, 5.74) is 2.19. The molecule has 25 heavy (non-hydrogen) atoms. The number of nitrogens with zero attached hydrogens (tertiary/aromatic N) is 2. The Hall–Kier alpha value is -1.41. The Bertz CT molecular complexity index is 673. The molecular weight excluding hydrogens is 406 g/mol. The molecule has 3 rings (SSSR count). The molecule has 1 saturated heterocycles. The largest absolute Gasteiger partial charge is 0.351 e. The molecule has 136 valence electrons. The molecule has 6 nitrogen and oxygen atoms in total.